The number of nitrogens with zero attached hydrogens (tertiary/aromatic N) is 3. The van der Waals surface area contributed by atoms with Crippen molar-refractivity contribution in [3.8, 4) is 0 Å². The van der Waals surface area contributed by atoms with E-state index in [4.69, 9.17) is 39.8 Å². The molecule has 1 aromatic heterocycles. The van der Waals surface area contributed by atoms with Gasteiger partial charge in [0.15, 0.2) is 5.13 Å². The number of carbonyl (C=O) groups excluding carboxylic acids is 1. The molecule has 4 nitrogen and oxygen atoms in total. The quantitative estimate of drug-likeness (QED) is 0.503. The summed E-state index contributed by atoms with van der Waals surface area (Å²) in [7, 11) is 3.92. The summed E-state index contributed by atoms with van der Waals surface area (Å²) in [6.07, 6.45) is 0. The zero-order valence-electron chi connectivity index (χ0n) is 15.1. The third-order valence-corrected chi connectivity index (χ3v) is 5.98. The average molecular weight is 443 g/mol. The topological polar surface area (TPSA) is 36.4 Å². The molecule has 3 rings (SSSR count). The molecule has 8 heteroatoms. The van der Waals surface area contributed by atoms with Crippen molar-refractivity contribution in [1.82, 2.24) is 9.88 Å². The zero-order chi connectivity index (χ0) is 19.7. The van der Waals surface area contributed by atoms with Gasteiger partial charge < -0.3 is 4.90 Å². The normalized spacial score (nSPS) is 11.4. The summed E-state index contributed by atoms with van der Waals surface area (Å²) in [6, 6.07) is 8.62. The first-order chi connectivity index (χ1) is 12.8. The number of hydrogen-bond acceptors (Lipinski definition) is 4. The first-order valence-corrected chi connectivity index (χ1v) is 10.2. The lowest BCUT2D eigenvalue weighted by Gasteiger charge is -2.22. The highest BCUT2D eigenvalue weighted by Crippen LogP contribution is 2.34. The van der Waals surface area contributed by atoms with Crippen LogP contribution in [0.3, 0.4) is 0 Å². The summed E-state index contributed by atoms with van der Waals surface area (Å²) in [5.41, 5.74) is 2.15. The van der Waals surface area contributed by atoms with Gasteiger partial charge in [0.05, 0.1) is 10.2 Å². The maximum atomic E-state index is 13.2. The minimum atomic E-state index is -0.191. The fourth-order valence-corrected chi connectivity index (χ4v) is 4.35. The Morgan fingerprint density at radius 3 is 2.37 bits per heavy atom. The van der Waals surface area contributed by atoms with Crippen molar-refractivity contribution in [2.45, 2.75) is 6.92 Å². The fraction of sp³-hybridized carbons (Fsp3) is 0.263. The molecule has 0 N–H and O–H groups in total. The Morgan fingerprint density at radius 2 is 1.74 bits per heavy atom. The Balaban J connectivity index is 2.05. The molecule has 142 valence electrons. The van der Waals surface area contributed by atoms with Crippen LogP contribution >= 0.6 is 46.1 Å². The molecular formula is C19H18Cl3N3OS. The number of aromatic nitrogens is 1. The van der Waals surface area contributed by atoms with Crippen molar-refractivity contribution < 1.29 is 4.79 Å². The van der Waals surface area contributed by atoms with Gasteiger partial charge in [-0.15, -0.1) is 0 Å². The minimum absolute atomic E-state index is 0.191. The number of benzene rings is 2. The van der Waals surface area contributed by atoms with Crippen molar-refractivity contribution in [3.63, 3.8) is 0 Å². The van der Waals surface area contributed by atoms with Crippen LogP contribution in [0.2, 0.25) is 15.1 Å². The number of rotatable bonds is 5. The monoisotopic (exact) mass is 441 g/mol. The second-order valence-electron chi connectivity index (χ2n) is 6.43. The smallest absolute Gasteiger partial charge is 0.260 e. The second kappa shape index (κ2) is 8.33. The Morgan fingerprint density at radius 1 is 1.07 bits per heavy atom. The molecule has 0 saturated heterocycles. The van der Waals surface area contributed by atoms with Crippen molar-refractivity contribution in [1.29, 1.82) is 0 Å². The molecule has 0 bridgehead atoms. The number of amides is 1. The highest BCUT2D eigenvalue weighted by atomic mass is 35.5. The van der Waals surface area contributed by atoms with E-state index in [9.17, 15) is 4.79 Å². The lowest BCUT2D eigenvalue weighted by atomic mass is 10.2. The molecule has 3 aromatic rings. The van der Waals surface area contributed by atoms with Crippen LogP contribution in [0.5, 0.6) is 0 Å². The number of hydrogen-bond donors (Lipinski definition) is 0. The molecule has 0 aliphatic rings. The van der Waals surface area contributed by atoms with Crippen LogP contribution in [0.15, 0.2) is 30.3 Å². The maximum Gasteiger partial charge on any atom is 0.260 e. The molecule has 0 unspecified atom stereocenters. The standard InChI is InChI=1S/C19H18Cl3N3OS/c1-11-15(22)4-5-16-17(11)23-19(27-16)25(7-6-24(2)3)18(26)12-8-13(20)10-14(21)9-12/h4-5,8-10H,6-7H2,1-3H3. The number of carbonyl (C=O) groups is 1. The number of fused-ring (bicyclic) bond motifs is 1. The number of aryl methyl sites for hydroxylation is 1. The van der Waals surface area contributed by atoms with Gasteiger partial charge in [-0.05, 0) is 56.9 Å². The predicted octanol–water partition coefficient (Wildman–Crippen LogP) is 5.77. The predicted molar refractivity (Wildman–Crippen MR) is 116 cm³/mol. The van der Waals surface area contributed by atoms with Gasteiger partial charge >= 0.3 is 0 Å². The third kappa shape index (κ3) is 4.55. The summed E-state index contributed by atoms with van der Waals surface area (Å²) in [6.45, 7) is 3.11. The number of thiazole rings is 1. The van der Waals surface area contributed by atoms with E-state index in [-0.39, 0.29) is 5.91 Å². The molecule has 27 heavy (non-hydrogen) atoms. The van der Waals surface area contributed by atoms with Crippen LogP contribution in [0.4, 0.5) is 5.13 Å². The first kappa shape index (κ1) is 20.4. The SMILES string of the molecule is Cc1c(Cl)ccc2sc(N(CCN(C)C)C(=O)c3cc(Cl)cc(Cl)c3)nc12. The van der Waals surface area contributed by atoms with Crippen LogP contribution in [0, 0.1) is 6.92 Å². The molecule has 1 amide bonds. The van der Waals surface area contributed by atoms with Gasteiger partial charge in [-0.1, -0.05) is 46.1 Å². The fourth-order valence-electron chi connectivity index (χ4n) is 2.62. The van der Waals surface area contributed by atoms with Crippen molar-refractivity contribution in [2.75, 3.05) is 32.1 Å². The molecular weight excluding hydrogens is 425 g/mol. The van der Waals surface area contributed by atoms with Gasteiger partial charge in [0.2, 0.25) is 0 Å². The van der Waals surface area contributed by atoms with Gasteiger partial charge in [-0.25, -0.2) is 4.98 Å². The molecule has 1 heterocycles. The molecule has 0 spiro atoms. The Bertz CT molecular complexity index is 983. The van der Waals surface area contributed by atoms with E-state index in [2.05, 4.69) is 0 Å². The highest BCUT2D eigenvalue weighted by Gasteiger charge is 2.23. The third-order valence-electron chi connectivity index (χ3n) is 4.09. The van der Waals surface area contributed by atoms with E-state index >= 15 is 0 Å². The molecule has 0 fully saturated rings. The summed E-state index contributed by atoms with van der Waals surface area (Å²) < 4.78 is 0.985. The summed E-state index contributed by atoms with van der Waals surface area (Å²) in [5, 5.41) is 2.13. The number of halogens is 3. The number of anilines is 1. The van der Waals surface area contributed by atoms with E-state index in [0.717, 1.165) is 15.8 Å². The van der Waals surface area contributed by atoms with E-state index in [1.54, 1.807) is 23.1 Å². The second-order valence-corrected chi connectivity index (χ2v) is 8.72. The van der Waals surface area contributed by atoms with Gasteiger partial charge in [-0.3, -0.25) is 9.69 Å². The van der Waals surface area contributed by atoms with Gasteiger partial charge in [0.25, 0.3) is 5.91 Å². The molecule has 0 atom stereocenters. The molecule has 0 radical (unpaired) electrons. The summed E-state index contributed by atoms with van der Waals surface area (Å²) in [5.74, 6) is -0.191. The van der Waals surface area contributed by atoms with Gasteiger partial charge in [-0.2, -0.15) is 0 Å². The maximum absolute atomic E-state index is 13.2. The average Bonchev–Trinajstić information content (AvgIpc) is 3.02. The van der Waals surface area contributed by atoms with Crippen LogP contribution in [-0.4, -0.2) is 43.0 Å². The van der Waals surface area contributed by atoms with Crippen LogP contribution < -0.4 is 4.90 Å². The van der Waals surface area contributed by atoms with Crippen molar-refractivity contribution in [2.24, 2.45) is 0 Å². The zero-order valence-corrected chi connectivity index (χ0v) is 18.2. The first-order valence-electron chi connectivity index (χ1n) is 8.24. The highest BCUT2D eigenvalue weighted by molar-refractivity contribution is 7.22. The molecule has 0 aliphatic heterocycles. The van der Waals surface area contributed by atoms with Crippen molar-refractivity contribution in [3.05, 3.63) is 56.5 Å². The lowest BCUT2D eigenvalue weighted by molar-refractivity contribution is 0.0985. The van der Waals surface area contributed by atoms with Crippen LogP contribution in [0.25, 0.3) is 10.2 Å². The Labute approximate surface area is 177 Å². The van der Waals surface area contributed by atoms with E-state index < -0.39 is 0 Å². The number of likely N-dealkylation sites (N-methyl/N-ethyl adjacent to an activating group) is 1. The summed E-state index contributed by atoms with van der Waals surface area (Å²) >= 11 is 19.9. The Hall–Kier alpha value is -1.37. The molecule has 0 saturated carbocycles. The van der Waals surface area contributed by atoms with Crippen molar-refractivity contribution >= 4 is 67.4 Å². The van der Waals surface area contributed by atoms with Crippen LogP contribution in [0.1, 0.15) is 15.9 Å². The largest absolute Gasteiger partial charge is 0.308 e. The Kier molecular flexibility index (Phi) is 6.28. The van der Waals surface area contributed by atoms with Gasteiger partial charge in [0.1, 0.15) is 0 Å². The van der Waals surface area contributed by atoms with Crippen LogP contribution in [-0.2, 0) is 0 Å². The lowest BCUT2D eigenvalue weighted by Crippen LogP contribution is -2.36. The van der Waals surface area contributed by atoms with E-state index in [1.165, 1.54) is 11.3 Å². The molecule has 0 aliphatic carbocycles. The van der Waals surface area contributed by atoms with E-state index in [1.807, 2.05) is 38.1 Å². The van der Waals surface area contributed by atoms with E-state index in [0.29, 0.717) is 38.9 Å². The summed E-state index contributed by atoms with van der Waals surface area (Å²) in [4.78, 5) is 21.6. The minimum Gasteiger partial charge on any atom is -0.308 e. The van der Waals surface area contributed by atoms with Gasteiger partial charge in [0, 0.05) is 33.7 Å². The molecule has 2 aromatic carbocycles.